The van der Waals surface area contributed by atoms with Crippen LogP contribution in [0.2, 0.25) is 0 Å². The lowest BCUT2D eigenvalue weighted by Crippen LogP contribution is -2.01. The van der Waals surface area contributed by atoms with Crippen molar-refractivity contribution in [3.63, 3.8) is 0 Å². The van der Waals surface area contributed by atoms with Crippen LogP contribution in [0.4, 0.5) is 4.39 Å². The summed E-state index contributed by atoms with van der Waals surface area (Å²) in [5.74, 6) is -1.46. The van der Waals surface area contributed by atoms with Gasteiger partial charge >= 0.3 is 5.97 Å². The van der Waals surface area contributed by atoms with Gasteiger partial charge in [0.25, 0.3) is 0 Å². The van der Waals surface area contributed by atoms with Crippen molar-refractivity contribution < 1.29 is 19.0 Å². The van der Waals surface area contributed by atoms with E-state index in [0.717, 1.165) is 6.07 Å². The van der Waals surface area contributed by atoms with E-state index in [-0.39, 0.29) is 16.8 Å². The van der Waals surface area contributed by atoms with Crippen LogP contribution >= 0.6 is 0 Å². The van der Waals surface area contributed by atoms with Crippen molar-refractivity contribution in [1.29, 1.82) is 0 Å². The molecule has 0 aliphatic carbocycles. The third-order valence-corrected chi connectivity index (χ3v) is 2.12. The molecule has 0 unspecified atom stereocenters. The number of methoxy groups -OCH3 is 1. The second kappa shape index (κ2) is 3.27. The van der Waals surface area contributed by atoms with Gasteiger partial charge in [0.05, 0.1) is 12.6 Å². The van der Waals surface area contributed by atoms with Crippen LogP contribution in [0.1, 0.15) is 10.5 Å². The molecule has 0 saturated heterocycles. The maximum Gasteiger partial charge on any atom is 0.358 e. The first-order valence-electron chi connectivity index (χ1n) is 4.22. The molecule has 1 aromatic heterocycles. The van der Waals surface area contributed by atoms with Crippen molar-refractivity contribution in [2.24, 2.45) is 0 Å². The predicted molar refractivity (Wildman–Crippen MR) is 51.3 cm³/mol. The van der Waals surface area contributed by atoms with Gasteiger partial charge in [-0.2, -0.15) is 0 Å². The maximum atomic E-state index is 12.9. The Morgan fingerprint density at radius 1 is 1.53 bits per heavy atom. The molecule has 0 fully saturated rings. The Morgan fingerprint density at radius 2 is 2.27 bits per heavy atom. The number of nitrogens with one attached hydrogen (secondary N) is 1. The normalized spacial score (nSPS) is 10.5. The second-order valence-corrected chi connectivity index (χ2v) is 3.03. The summed E-state index contributed by atoms with van der Waals surface area (Å²) in [5.41, 5.74) is 0.410. The molecular formula is C10H8FNO3. The van der Waals surface area contributed by atoms with Crippen LogP contribution in [0.5, 0.6) is 5.75 Å². The third-order valence-electron chi connectivity index (χ3n) is 2.12. The van der Waals surface area contributed by atoms with Gasteiger partial charge in [0.2, 0.25) is 0 Å². The number of carbonyl (C=O) groups is 1. The molecule has 2 N–H and O–H groups in total. The van der Waals surface area contributed by atoms with Gasteiger partial charge in [-0.1, -0.05) is 0 Å². The van der Waals surface area contributed by atoms with E-state index < -0.39 is 11.8 Å². The lowest BCUT2D eigenvalue weighted by atomic mass is 10.2. The summed E-state index contributed by atoms with van der Waals surface area (Å²) in [4.78, 5) is 13.8. The molecule has 1 heterocycles. The van der Waals surface area contributed by atoms with E-state index in [2.05, 4.69) is 9.72 Å². The number of aromatic hydroxyl groups is 1. The van der Waals surface area contributed by atoms with Crippen molar-refractivity contribution in [3.8, 4) is 5.75 Å². The molecule has 0 aliphatic heterocycles. The number of aromatic amines is 1. The topological polar surface area (TPSA) is 62.3 Å². The summed E-state index contributed by atoms with van der Waals surface area (Å²) in [6.45, 7) is 0. The summed E-state index contributed by atoms with van der Waals surface area (Å²) < 4.78 is 17.3. The standard InChI is InChI=1S/C10H8FNO3/c1-15-10(14)8-9(13)6-4-5(11)2-3-7(6)12-8/h2-4,12-13H,1H3. The zero-order chi connectivity index (χ0) is 11.0. The summed E-state index contributed by atoms with van der Waals surface area (Å²) in [5, 5.41) is 9.88. The van der Waals surface area contributed by atoms with Gasteiger partial charge in [-0.25, -0.2) is 9.18 Å². The van der Waals surface area contributed by atoms with Crippen molar-refractivity contribution in [1.82, 2.24) is 4.98 Å². The van der Waals surface area contributed by atoms with E-state index in [4.69, 9.17) is 0 Å². The van der Waals surface area contributed by atoms with Gasteiger partial charge in [-0.15, -0.1) is 0 Å². The highest BCUT2D eigenvalue weighted by Crippen LogP contribution is 2.29. The largest absolute Gasteiger partial charge is 0.505 e. The SMILES string of the molecule is COC(=O)c1[nH]c2ccc(F)cc2c1O. The number of hydrogen-bond donors (Lipinski definition) is 2. The number of esters is 1. The van der Waals surface area contributed by atoms with Gasteiger partial charge in [0.1, 0.15) is 5.82 Å². The second-order valence-electron chi connectivity index (χ2n) is 3.03. The fraction of sp³-hybridized carbons (Fsp3) is 0.100. The van der Waals surface area contributed by atoms with Crippen molar-refractivity contribution in [2.45, 2.75) is 0 Å². The number of fused-ring (bicyclic) bond motifs is 1. The zero-order valence-electron chi connectivity index (χ0n) is 7.87. The predicted octanol–water partition coefficient (Wildman–Crippen LogP) is 1.80. The van der Waals surface area contributed by atoms with Crippen molar-refractivity contribution >= 4 is 16.9 Å². The van der Waals surface area contributed by atoms with Crippen molar-refractivity contribution in [3.05, 3.63) is 29.7 Å². The van der Waals surface area contributed by atoms with E-state index in [9.17, 15) is 14.3 Å². The first-order chi connectivity index (χ1) is 7.13. The minimum absolute atomic E-state index is 0.0712. The minimum atomic E-state index is -0.691. The van der Waals surface area contributed by atoms with Crippen LogP contribution < -0.4 is 0 Å². The van der Waals surface area contributed by atoms with E-state index >= 15 is 0 Å². The van der Waals surface area contributed by atoms with E-state index in [1.165, 1.54) is 19.2 Å². The molecule has 0 amide bonds. The van der Waals surface area contributed by atoms with Crippen LogP contribution in [-0.2, 0) is 4.74 Å². The number of hydrogen-bond acceptors (Lipinski definition) is 3. The van der Waals surface area contributed by atoms with Crippen LogP contribution in [-0.4, -0.2) is 23.2 Å². The van der Waals surface area contributed by atoms with Crippen LogP contribution in [0.15, 0.2) is 18.2 Å². The Hall–Kier alpha value is -2.04. The fourth-order valence-electron chi connectivity index (χ4n) is 1.40. The third kappa shape index (κ3) is 1.41. The Balaban J connectivity index is 2.69. The number of aromatic nitrogens is 1. The van der Waals surface area contributed by atoms with E-state index in [1.54, 1.807) is 0 Å². The lowest BCUT2D eigenvalue weighted by molar-refractivity contribution is 0.0592. The molecule has 0 saturated carbocycles. The monoisotopic (exact) mass is 209 g/mol. The molecule has 2 aromatic rings. The molecule has 0 bridgehead atoms. The molecule has 0 spiro atoms. The van der Waals surface area contributed by atoms with Crippen LogP contribution in [0.25, 0.3) is 10.9 Å². The van der Waals surface area contributed by atoms with Crippen LogP contribution in [0, 0.1) is 5.82 Å². The smallest absolute Gasteiger partial charge is 0.358 e. The molecule has 0 aliphatic rings. The van der Waals surface area contributed by atoms with Gasteiger partial charge in [-0.05, 0) is 18.2 Å². The summed E-state index contributed by atoms with van der Waals surface area (Å²) >= 11 is 0. The number of H-pyrrole nitrogens is 1. The fourth-order valence-corrected chi connectivity index (χ4v) is 1.40. The number of halogens is 1. The first-order valence-corrected chi connectivity index (χ1v) is 4.22. The molecule has 1 aromatic carbocycles. The van der Waals surface area contributed by atoms with Gasteiger partial charge < -0.3 is 14.8 Å². The average molecular weight is 209 g/mol. The molecule has 0 radical (unpaired) electrons. The van der Waals surface area contributed by atoms with Gasteiger partial charge in [0, 0.05) is 5.39 Å². The Kier molecular flexibility index (Phi) is 2.07. The van der Waals surface area contributed by atoms with E-state index in [0.29, 0.717) is 5.52 Å². The molecule has 15 heavy (non-hydrogen) atoms. The summed E-state index contributed by atoms with van der Waals surface area (Å²) in [7, 11) is 1.20. The molecule has 2 rings (SSSR count). The molecule has 4 nitrogen and oxygen atoms in total. The maximum absolute atomic E-state index is 12.9. The number of carbonyl (C=O) groups excluding carboxylic acids is 1. The summed E-state index contributed by atoms with van der Waals surface area (Å²) in [6.07, 6.45) is 0. The Bertz CT molecular complexity index is 533. The number of rotatable bonds is 1. The lowest BCUT2D eigenvalue weighted by Gasteiger charge is -1.94. The number of ether oxygens (including phenoxy) is 1. The molecule has 0 atom stereocenters. The molecule has 5 heteroatoms. The summed E-state index contributed by atoms with van der Waals surface area (Å²) in [6, 6.07) is 3.82. The highest BCUT2D eigenvalue weighted by atomic mass is 19.1. The highest BCUT2D eigenvalue weighted by molar-refractivity contribution is 6.00. The van der Waals surface area contributed by atoms with E-state index in [1.807, 2.05) is 0 Å². The average Bonchev–Trinajstić information content (AvgIpc) is 2.55. The highest BCUT2D eigenvalue weighted by Gasteiger charge is 2.17. The Labute approximate surface area is 84.3 Å². The zero-order valence-corrected chi connectivity index (χ0v) is 7.87. The van der Waals surface area contributed by atoms with Gasteiger partial charge in [0.15, 0.2) is 11.4 Å². The first kappa shape index (κ1) is 9.51. The Morgan fingerprint density at radius 3 is 2.93 bits per heavy atom. The minimum Gasteiger partial charge on any atom is -0.505 e. The molecule has 78 valence electrons. The number of benzene rings is 1. The van der Waals surface area contributed by atoms with Crippen molar-refractivity contribution in [2.75, 3.05) is 7.11 Å². The van der Waals surface area contributed by atoms with Crippen LogP contribution in [0.3, 0.4) is 0 Å². The quantitative estimate of drug-likeness (QED) is 0.704. The molecular weight excluding hydrogens is 201 g/mol. The van der Waals surface area contributed by atoms with Gasteiger partial charge in [-0.3, -0.25) is 0 Å².